The number of hydrogen-bond acceptors (Lipinski definition) is 3. The van der Waals surface area contributed by atoms with Crippen molar-refractivity contribution in [2.75, 3.05) is 5.32 Å². The number of hydrogen-bond donors (Lipinski definition) is 2. The average molecular weight is 252 g/mol. The van der Waals surface area contributed by atoms with E-state index in [9.17, 15) is 8.78 Å². The van der Waals surface area contributed by atoms with Gasteiger partial charge in [-0.15, -0.1) is 0 Å². The van der Waals surface area contributed by atoms with Crippen LogP contribution in [-0.4, -0.2) is 17.0 Å². The van der Waals surface area contributed by atoms with Crippen LogP contribution in [-0.2, 0) is 0 Å². The number of nitrogens with one attached hydrogen (secondary N) is 1. The molecule has 96 valence electrons. The van der Waals surface area contributed by atoms with Gasteiger partial charge >= 0.3 is 0 Å². The first-order valence-corrected chi connectivity index (χ1v) is 6.12. The molecule has 2 saturated carbocycles. The zero-order valence-corrected chi connectivity index (χ0v) is 9.74. The number of rotatable bonds is 2. The summed E-state index contributed by atoms with van der Waals surface area (Å²) in [4.78, 5) is 0. The Hall–Kier alpha value is -1.65. The van der Waals surface area contributed by atoms with Gasteiger partial charge in [-0.05, 0) is 37.3 Å². The summed E-state index contributed by atoms with van der Waals surface area (Å²) in [5.41, 5.74) is 0.963. The van der Waals surface area contributed by atoms with E-state index < -0.39 is 11.6 Å². The molecule has 1 aromatic rings. The SMILES string of the molecule is O/N=C1\[C@H]2CC[C@@H](C2)[C@@H]1Nc1ccc(F)cc1F. The normalized spacial score (nSPS) is 32.1. The summed E-state index contributed by atoms with van der Waals surface area (Å²) in [5, 5.41) is 15.4. The van der Waals surface area contributed by atoms with Crippen molar-refractivity contribution in [2.24, 2.45) is 17.0 Å². The molecule has 0 saturated heterocycles. The Bertz CT molecular complexity index is 504. The van der Waals surface area contributed by atoms with Gasteiger partial charge in [-0.3, -0.25) is 0 Å². The fourth-order valence-corrected chi connectivity index (χ4v) is 3.19. The average Bonchev–Trinajstić information content (AvgIpc) is 2.93. The molecule has 0 radical (unpaired) electrons. The Morgan fingerprint density at radius 2 is 2.11 bits per heavy atom. The summed E-state index contributed by atoms with van der Waals surface area (Å²) in [6.07, 6.45) is 3.08. The van der Waals surface area contributed by atoms with Gasteiger partial charge in [0.2, 0.25) is 0 Å². The number of halogens is 2. The second-order valence-corrected chi connectivity index (χ2v) is 5.04. The predicted molar refractivity (Wildman–Crippen MR) is 63.8 cm³/mol. The van der Waals surface area contributed by atoms with Crippen molar-refractivity contribution in [3.63, 3.8) is 0 Å². The quantitative estimate of drug-likeness (QED) is 0.627. The molecule has 1 aromatic carbocycles. The first-order valence-electron chi connectivity index (χ1n) is 6.12. The van der Waals surface area contributed by atoms with Crippen LogP contribution in [0.5, 0.6) is 0 Å². The Morgan fingerprint density at radius 1 is 1.28 bits per heavy atom. The molecule has 2 aliphatic carbocycles. The summed E-state index contributed by atoms with van der Waals surface area (Å²) >= 11 is 0. The molecule has 2 bridgehead atoms. The summed E-state index contributed by atoms with van der Waals surface area (Å²) in [6.45, 7) is 0. The lowest BCUT2D eigenvalue weighted by Crippen LogP contribution is -2.35. The van der Waals surface area contributed by atoms with Crippen LogP contribution < -0.4 is 5.32 Å². The van der Waals surface area contributed by atoms with Gasteiger partial charge in [0, 0.05) is 12.0 Å². The molecular weight excluding hydrogens is 238 g/mol. The monoisotopic (exact) mass is 252 g/mol. The highest BCUT2D eigenvalue weighted by molar-refractivity contribution is 5.96. The van der Waals surface area contributed by atoms with Crippen molar-refractivity contribution >= 4 is 11.4 Å². The van der Waals surface area contributed by atoms with E-state index in [0.29, 0.717) is 17.5 Å². The van der Waals surface area contributed by atoms with E-state index in [4.69, 9.17) is 5.21 Å². The number of nitrogens with zero attached hydrogens (tertiary/aromatic N) is 1. The Morgan fingerprint density at radius 3 is 2.83 bits per heavy atom. The van der Waals surface area contributed by atoms with Crippen LogP contribution in [0.15, 0.2) is 23.4 Å². The molecule has 3 atom stereocenters. The van der Waals surface area contributed by atoms with Gasteiger partial charge in [0.25, 0.3) is 0 Å². The summed E-state index contributed by atoms with van der Waals surface area (Å²) in [6, 6.07) is 3.32. The maximum atomic E-state index is 13.6. The molecule has 0 amide bonds. The molecule has 2 N–H and O–H groups in total. The van der Waals surface area contributed by atoms with Crippen molar-refractivity contribution in [3.05, 3.63) is 29.8 Å². The molecular formula is C13H14F2N2O. The van der Waals surface area contributed by atoms with Gasteiger partial charge in [-0.1, -0.05) is 5.16 Å². The van der Waals surface area contributed by atoms with Crippen LogP contribution >= 0.6 is 0 Å². The molecule has 5 heteroatoms. The number of oxime groups is 1. The Kier molecular flexibility index (Phi) is 2.69. The lowest BCUT2D eigenvalue weighted by molar-refractivity contribution is 0.312. The molecule has 18 heavy (non-hydrogen) atoms. The van der Waals surface area contributed by atoms with Crippen molar-refractivity contribution in [1.29, 1.82) is 0 Å². The van der Waals surface area contributed by atoms with E-state index in [0.717, 1.165) is 25.3 Å². The lowest BCUT2D eigenvalue weighted by atomic mass is 9.93. The molecule has 0 aromatic heterocycles. The van der Waals surface area contributed by atoms with Crippen molar-refractivity contribution in [1.82, 2.24) is 0 Å². The van der Waals surface area contributed by atoms with E-state index in [1.807, 2.05) is 0 Å². The highest BCUT2D eigenvalue weighted by atomic mass is 19.1. The van der Waals surface area contributed by atoms with Crippen LogP contribution in [0, 0.1) is 23.5 Å². The molecule has 3 rings (SSSR count). The largest absolute Gasteiger partial charge is 0.411 e. The third kappa shape index (κ3) is 1.74. The molecule has 0 unspecified atom stereocenters. The van der Waals surface area contributed by atoms with Crippen molar-refractivity contribution in [2.45, 2.75) is 25.3 Å². The maximum Gasteiger partial charge on any atom is 0.149 e. The number of anilines is 1. The topological polar surface area (TPSA) is 44.6 Å². The standard InChI is InChI=1S/C13H14F2N2O/c14-9-3-4-11(10(15)6-9)16-12-7-1-2-8(5-7)13(12)17-18/h3-4,6-8,12,16,18H,1-2,5H2/b17-13+/t7-,8-,12-/m0/s1. The van der Waals surface area contributed by atoms with Crippen LogP contribution in [0.4, 0.5) is 14.5 Å². The fourth-order valence-electron chi connectivity index (χ4n) is 3.19. The smallest absolute Gasteiger partial charge is 0.149 e. The van der Waals surface area contributed by atoms with E-state index in [2.05, 4.69) is 10.5 Å². The van der Waals surface area contributed by atoms with Gasteiger partial charge in [0.1, 0.15) is 11.6 Å². The van der Waals surface area contributed by atoms with Gasteiger partial charge in [0.15, 0.2) is 0 Å². The molecule has 3 nitrogen and oxygen atoms in total. The van der Waals surface area contributed by atoms with Gasteiger partial charge in [-0.2, -0.15) is 0 Å². The van der Waals surface area contributed by atoms with Crippen molar-refractivity contribution < 1.29 is 14.0 Å². The Balaban J connectivity index is 1.84. The van der Waals surface area contributed by atoms with E-state index in [1.165, 1.54) is 12.1 Å². The predicted octanol–water partition coefficient (Wildman–Crippen LogP) is 3.01. The Labute approximate surface area is 103 Å². The summed E-state index contributed by atoms with van der Waals surface area (Å²) in [7, 11) is 0. The fraction of sp³-hybridized carbons (Fsp3) is 0.462. The minimum Gasteiger partial charge on any atom is -0.411 e. The summed E-state index contributed by atoms with van der Waals surface area (Å²) in [5.74, 6) is -0.525. The second kappa shape index (κ2) is 4.23. The summed E-state index contributed by atoms with van der Waals surface area (Å²) < 4.78 is 26.4. The molecule has 2 fully saturated rings. The minimum absolute atomic E-state index is 0.131. The van der Waals surface area contributed by atoms with Crippen LogP contribution in [0.2, 0.25) is 0 Å². The van der Waals surface area contributed by atoms with E-state index >= 15 is 0 Å². The molecule has 0 aliphatic heterocycles. The first kappa shape index (κ1) is 11.4. The van der Waals surface area contributed by atoms with Crippen LogP contribution in [0.3, 0.4) is 0 Å². The second-order valence-electron chi connectivity index (χ2n) is 5.04. The van der Waals surface area contributed by atoms with Crippen molar-refractivity contribution in [3.8, 4) is 0 Å². The van der Waals surface area contributed by atoms with Gasteiger partial charge in [0.05, 0.1) is 17.4 Å². The molecule has 2 aliphatic rings. The van der Waals surface area contributed by atoms with Crippen LogP contribution in [0.25, 0.3) is 0 Å². The van der Waals surface area contributed by atoms with Crippen LogP contribution in [0.1, 0.15) is 19.3 Å². The van der Waals surface area contributed by atoms with E-state index in [-0.39, 0.29) is 11.7 Å². The number of benzene rings is 1. The zero-order valence-electron chi connectivity index (χ0n) is 9.74. The third-order valence-electron chi connectivity index (χ3n) is 4.04. The molecule has 0 spiro atoms. The zero-order chi connectivity index (χ0) is 12.7. The van der Waals surface area contributed by atoms with E-state index in [1.54, 1.807) is 0 Å². The lowest BCUT2D eigenvalue weighted by Gasteiger charge is -2.25. The van der Waals surface area contributed by atoms with Gasteiger partial charge < -0.3 is 10.5 Å². The maximum absolute atomic E-state index is 13.6. The number of fused-ring (bicyclic) bond motifs is 2. The highest BCUT2D eigenvalue weighted by Crippen LogP contribution is 2.44. The molecule has 0 heterocycles. The first-order chi connectivity index (χ1) is 8.69. The minimum atomic E-state index is -0.616. The van der Waals surface area contributed by atoms with Gasteiger partial charge in [-0.25, -0.2) is 8.78 Å². The third-order valence-corrected chi connectivity index (χ3v) is 4.04. The highest BCUT2D eigenvalue weighted by Gasteiger charge is 2.45.